The van der Waals surface area contributed by atoms with E-state index in [0.717, 1.165) is 53.2 Å². The van der Waals surface area contributed by atoms with E-state index in [0.29, 0.717) is 70.5 Å². The number of aromatic amines is 1. The number of amides is 2. The number of hydrogen-bond acceptors (Lipinski definition) is 11. The normalized spacial score (nSPS) is 13.6. The molecule has 0 atom stereocenters. The molecule has 2 amide bonds. The maximum atomic E-state index is 13.4. The Hall–Kier alpha value is -7.89. The second kappa shape index (κ2) is 18.1. The maximum absolute atomic E-state index is 13.4. The smallest absolute Gasteiger partial charge is 0.506 e. The lowest BCUT2D eigenvalue weighted by Gasteiger charge is -2.33. The van der Waals surface area contributed by atoms with Crippen LogP contribution in [-0.2, 0) is 35.6 Å². The molecule has 4 N–H and O–H groups in total. The van der Waals surface area contributed by atoms with Gasteiger partial charge in [-0.15, -0.1) is 0 Å². The number of carbonyl (C=O) groups is 3. The highest BCUT2D eigenvalue weighted by molar-refractivity contribution is 5.90. The zero-order valence-electron chi connectivity index (χ0n) is 38.4. The molecule has 3 aromatic carbocycles. The third-order valence-corrected chi connectivity index (χ3v) is 13.4. The van der Waals surface area contributed by atoms with Gasteiger partial charge < -0.3 is 43.7 Å². The molecule has 0 radical (unpaired) electrons. The van der Waals surface area contributed by atoms with E-state index >= 15 is 0 Å². The predicted molar refractivity (Wildman–Crippen MR) is 253 cm³/mol. The minimum Gasteiger partial charge on any atom is -0.508 e. The number of likely N-dealkylation sites (tertiary alicyclic amines) is 1. The molecule has 4 aromatic heterocycles. The monoisotopic (exact) mass is 924 g/mol. The molecule has 6 heterocycles. The van der Waals surface area contributed by atoms with Gasteiger partial charge in [-0.05, 0) is 116 Å². The average molecular weight is 925 g/mol. The van der Waals surface area contributed by atoms with Gasteiger partial charge in [0.1, 0.15) is 30.4 Å². The van der Waals surface area contributed by atoms with Crippen molar-refractivity contribution in [2.45, 2.75) is 79.0 Å². The topological polar surface area (TPSA) is 227 Å². The molecular weight excluding hydrogens is 873 g/mol. The maximum Gasteiger partial charge on any atom is 0.506 e. The molecule has 18 nitrogen and oxygen atoms in total. The fourth-order valence-corrected chi connectivity index (χ4v) is 9.64. The number of phenols is 2. The van der Waals surface area contributed by atoms with Crippen molar-refractivity contribution in [2.24, 2.45) is 5.92 Å². The average Bonchev–Trinajstić information content (AvgIpc) is 4.01. The number of ether oxygens (including phenoxy) is 2. The van der Waals surface area contributed by atoms with Gasteiger partial charge in [-0.2, -0.15) is 5.10 Å². The number of aryl methyl sites for hydroxylation is 3. The summed E-state index contributed by atoms with van der Waals surface area (Å²) in [4.78, 5) is 72.2. The summed E-state index contributed by atoms with van der Waals surface area (Å²) in [5.41, 5.74) is 6.41. The summed E-state index contributed by atoms with van der Waals surface area (Å²) in [6, 6.07) is 17.6. The van der Waals surface area contributed by atoms with Gasteiger partial charge in [-0.3, -0.25) is 9.59 Å². The van der Waals surface area contributed by atoms with Crippen molar-refractivity contribution < 1.29 is 39.2 Å². The molecule has 0 aliphatic carbocycles. The summed E-state index contributed by atoms with van der Waals surface area (Å²) in [6.45, 7) is 9.28. The van der Waals surface area contributed by atoms with Crippen molar-refractivity contribution in [2.75, 3.05) is 26.7 Å². The first-order valence-corrected chi connectivity index (χ1v) is 22.7. The number of piperidine rings is 1. The van der Waals surface area contributed by atoms with Gasteiger partial charge in [0, 0.05) is 60.8 Å². The Labute approximate surface area is 389 Å². The van der Waals surface area contributed by atoms with Crippen LogP contribution in [0.2, 0.25) is 0 Å². The standard InChI is InChI=1S/C50H52N8O10/c1-6-33-35-21-32(8-9-39(35)51-45-37(33)24-57-41(45)19-28(4)38(47(57)62)26-67-50(65)66)68-49(64)54(5)25-44(61)56-16-12-29(13-17-56)11-15-55-18-14-30-20-31(7-10-40(30)55)58-46(52-53-48(58)63)36-22-34(27(2)3)42(59)23-43(36)60/h7-10,14,18-23,27,29,59-60H,6,11-13,15-17,24-26H2,1-5H3,(H,53,63)(H,65,66). The number of pyridine rings is 2. The number of nitrogens with one attached hydrogen (secondary N) is 1. The van der Waals surface area contributed by atoms with Crippen LogP contribution >= 0.6 is 0 Å². The van der Waals surface area contributed by atoms with Gasteiger partial charge in [0.05, 0.1) is 40.3 Å². The largest absolute Gasteiger partial charge is 0.508 e. The first-order chi connectivity index (χ1) is 32.6. The lowest BCUT2D eigenvalue weighted by Crippen LogP contribution is -2.45. The second-order valence-electron chi connectivity index (χ2n) is 17.9. The molecule has 18 heteroatoms. The number of aromatic nitrogens is 6. The van der Waals surface area contributed by atoms with Crippen molar-refractivity contribution >= 4 is 40.0 Å². The molecule has 352 valence electrons. The number of carboxylic acid groups (broad SMARTS) is 1. The van der Waals surface area contributed by atoms with Crippen LogP contribution in [0.15, 0.2) is 76.4 Å². The number of aromatic hydroxyl groups is 2. The van der Waals surface area contributed by atoms with E-state index in [1.807, 2.05) is 57.3 Å². The number of rotatable bonds is 12. The summed E-state index contributed by atoms with van der Waals surface area (Å²) in [7, 11) is 1.53. The van der Waals surface area contributed by atoms with E-state index in [2.05, 4.69) is 14.8 Å². The van der Waals surface area contributed by atoms with Crippen molar-refractivity contribution in [1.82, 2.24) is 38.7 Å². The number of likely N-dealkylation sites (N-methyl/N-ethyl adjacent to an activating group) is 1. The lowest BCUT2D eigenvalue weighted by molar-refractivity contribution is -0.133. The zero-order valence-corrected chi connectivity index (χ0v) is 38.4. The third kappa shape index (κ3) is 8.41. The molecule has 0 unspecified atom stereocenters. The summed E-state index contributed by atoms with van der Waals surface area (Å²) in [6.07, 6.45) is 3.06. The van der Waals surface area contributed by atoms with Gasteiger partial charge in [-0.25, -0.2) is 29.0 Å². The molecule has 2 aliphatic heterocycles. The molecule has 68 heavy (non-hydrogen) atoms. The van der Waals surface area contributed by atoms with E-state index in [4.69, 9.17) is 19.6 Å². The summed E-state index contributed by atoms with van der Waals surface area (Å²) in [5, 5.41) is 38.5. The Kier molecular flexibility index (Phi) is 12.0. The summed E-state index contributed by atoms with van der Waals surface area (Å²) >= 11 is 0. The third-order valence-electron chi connectivity index (χ3n) is 13.4. The molecule has 1 fully saturated rings. The number of benzene rings is 3. The summed E-state index contributed by atoms with van der Waals surface area (Å²) < 4.78 is 15.7. The minimum atomic E-state index is -1.46. The Morgan fingerprint density at radius 1 is 0.971 bits per heavy atom. The highest BCUT2D eigenvalue weighted by Crippen LogP contribution is 2.39. The van der Waals surface area contributed by atoms with E-state index in [1.54, 1.807) is 40.7 Å². The van der Waals surface area contributed by atoms with Crippen LogP contribution in [0.3, 0.4) is 0 Å². The number of fused-ring (bicyclic) bond motifs is 5. The van der Waals surface area contributed by atoms with Crippen LogP contribution in [0.5, 0.6) is 17.2 Å². The van der Waals surface area contributed by atoms with Crippen molar-refractivity contribution in [1.29, 1.82) is 0 Å². The number of phenolic OH excluding ortho intramolecular Hbond substituents is 2. The number of hydrogen-bond donors (Lipinski definition) is 4. The molecule has 7 aromatic rings. The molecule has 0 bridgehead atoms. The van der Waals surface area contributed by atoms with Crippen LogP contribution in [0.25, 0.3) is 50.3 Å². The van der Waals surface area contributed by atoms with Crippen molar-refractivity contribution in [3.05, 3.63) is 116 Å². The van der Waals surface area contributed by atoms with Crippen LogP contribution in [0, 0.1) is 12.8 Å². The van der Waals surface area contributed by atoms with Gasteiger partial charge in [0.15, 0.2) is 5.82 Å². The lowest BCUT2D eigenvalue weighted by atomic mass is 9.93. The Bertz CT molecular complexity index is 3280. The van der Waals surface area contributed by atoms with Crippen LogP contribution < -0.4 is 16.0 Å². The number of carbonyl (C=O) groups excluding carboxylic acids is 2. The Morgan fingerprint density at radius 2 is 1.75 bits per heavy atom. The second-order valence-corrected chi connectivity index (χ2v) is 17.9. The van der Waals surface area contributed by atoms with E-state index in [1.165, 1.54) is 22.6 Å². The SMILES string of the molecule is CCc1c2c(nc3ccc(OC(=O)N(C)CC(=O)N4CCC(CCn5ccc6cc(-n7c(-c8cc(C(C)C)c(O)cc8O)n[nH]c7=O)ccc65)CC4)cc13)-c1cc(C)c(COC(=O)O)c(=O)n1C2. The molecule has 1 saturated heterocycles. The van der Waals surface area contributed by atoms with Crippen LogP contribution in [0.4, 0.5) is 9.59 Å². The van der Waals surface area contributed by atoms with E-state index in [-0.39, 0.29) is 60.0 Å². The van der Waals surface area contributed by atoms with Gasteiger partial charge in [0.2, 0.25) is 5.91 Å². The first kappa shape index (κ1) is 45.3. The highest BCUT2D eigenvalue weighted by Gasteiger charge is 2.29. The number of H-pyrrole nitrogens is 1. The van der Waals surface area contributed by atoms with Gasteiger partial charge in [-0.1, -0.05) is 20.8 Å². The van der Waals surface area contributed by atoms with Crippen LogP contribution in [-0.4, -0.2) is 98.8 Å². The van der Waals surface area contributed by atoms with Crippen molar-refractivity contribution in [3.8, 4) is 45.7 Å². The van der Waals surface area contributed by atoms with Gasteiger partial charge in [0.25, 0.3) is 5.56 Å². The minimum absolute atomic E-state index is 0.0248. The molecule has 2 aliphatic rings. The Balaban J connectivity index is 0.793. The first-order valence-electron chi connectivity index (χ1n) is 22.7. The van der Waals surface area contributed by atoms with E-state index < -0.39 is 17.9 Å². The molecule has 0 spiro atoms. The zero-order chi connectivity index (χ0) is 48.1. The highest BCUT2D eigenvalue weighted by atomic mass is 16.7. The molecule has 0 saturated carbocycles. The fraction of sp³-hybridized carbons (Fsp3) is 0.340. The molecular formula is C50H52N8O10. The molecule has 9 rings (SSSR count). The predicted octanol–water partition coefficient (Wildman–Crippen LogP) is 7.28. The van der Waals surface area contributed by atoms with Gasteiger partial charge >= 0.3 is 17.9 Å². The van der Waals surface area contributed by atoms with Crippen LogP contribution in [0.1, 0.15) is 73.8 Å². The van der Waals surface area contributed by atoms with E-state index in [9.17, 15) is 34.2 Å². The Morgan fingerprint density at radius 3 is 2.49 bits per heavy atom. The quantitative estimate of drug-likeness (QED) is 0.0887. The summed E-state index contributed by atoms with van der Waals surface area (Å²) in [5.74, 6) is 0.513. The number of nitrogens with zero attached hydrogens (tertiary/aromatic N) is 7. The van der Waals surface area contributed by atoms with Crippen molar-refractivity contribution in [3.63, 3.8) is 0 Å². The fourth-order valence-electron chi connectivity index (χ4n) is 9.64.